The Hall–Kier alpha value is -2.69. The van der Waals surface area contributed by atoms with Gasteiger partial charge in [0.15, 0.2) is 0 Å². The minimum absolute atomic E-state index is 0.0458. The molecule has 0 saturated carbocycles. The van der Waals surface area contributed by atoms with Crippen LogP contribution in [0, 0.1) is 0 Å². The molecule has 0 spiro atoms. The number of anilines is 1. The Balaban J connectivity index is 1.66. The minimum Gasteiger partial charge on any atom is -0.497 e. The summed E-state index contributed by atoms with van der Waals surface area (Å²) in [5.74, 6) is 1.99. The molecule has 1 atom stereocenters. The highest BCUT2D eigenvalue weighted by atomic mass is 16.5. The molecule has 1 heterocycles. The summed E-state index contributed by atoms with van der Waals surface area (Å²) in [7, 11) is 3.30. The summed E-state index contributed by atoms with van der Waals surface area (Å²) in [5, 5.41) is 2.99. The number of hydrogen-bond acceptors (Lipinski definition) is 3. The van der Waals surface area contributed by atoms with Crippen LogP contribution in [0.2, 0.25) is 0 Å². The van der Waals surface area contributed by atoms with Crippen LogP contribution in [-0.4, -0.2) is 38.2 Å². The first-order valence-corrected chi connectivity index (χ1v) is 9.03. The zero-order chi connectivity index (χ0) is 18.4. The second-order valence-electron chi connectivity index (χ2n) is 6.57. The van der Waals surface area contributed by atoms with Crippen LogP contribution >= 0.6 is 0 Å². The van der Waals surface area contributed by atoms with E-state index in [-0.39, 0.29) is 6.03 Å². The molecule has 2 aromatic rings. The van der Waals surface area contributed by atoms with Gasteiger partial charge in [-0.2, -0.15) is 0 Å². The first kappa shape index (κ1) is 18.1. The summed E-state index contributed by atoms with van der Waals surface area (Å²) in [6, 6.07) is 15.5. The van der Waals surface area contributed by atoms with Crippen LogP contribution in [0.4, 0.5) is 10.5 Å². The SMILES string of the molecule is COc1ccc(NC(=O)N2CCCCC(c3ccc(OC)cc3)C2)cc1. The van der Waals surface area contributed by atoms with Crippen molar-refractivity contribution in [2.75, 3.05) is 32.6 Å². The number of nitrogens with one attached hydrogen (secondary N) is 1. The van der Waals surface area contributed by atoms with Crippen LogP contribution in [0.3, 0.4) is 0 Å². The number of rotatable bonds is 4. The topological polar surface area (TPSA) is 50.8 Å². The molecule has 1 saturated heterocycles. The quantitative estimate of drug-likeness (QED) is 0.879. The molecule has 0 bridgehead atoms. The maximum atomic E-state index is 12.7. The number of benzene rings is 2. The van der Waals surface area contributed by atoms with Crippen molar-refractivity contribution in [1.29, 1.82) is 0 Å². The predicted octanol–water partition coefficient (Wildman–Crippen LogP) is 4.51. The molecule has 1 aliphatic rings. The molecule has 0 radical (unpaired) electrons. The number of methoxy groups -OCH3 is 2. The van der Waals surface area contributed by atoms with E-state index < -0.39 is 0 Å². The van der Waals surface area contributed by atoms with Crippen molar-refractivity contribution in [2.24, 2.45) is 0 Å². The fraction of sp³-hybridized carbons (Fsp3) is 0.381. The van der Waals surface area contributed by atoms with Gasteiger partial charge < -0.3 is 19.7 Å². The highest BCUT2D eigenvalue weighted by Gasteiger charge is 2.23. The number of carbonyl (C=O) groups is 1. The number of hydrogen-bond donors (Lipinski definition) is 1. The summed E-state index contributed by atoms with van der Waals surface area (Å²) in [6.45, 7) is 1.52. The van der Waals surface area contributed by atoms with Gasteiger partial charge in [0.25, 0.3) is 0 Å². The number of nitrogens with zero attached hydrogens (tertiary/aromatic N) is 1. The molecule has 138 valence electrons. The lowest BCUT2D eigenvalue weighted by molar-refractivity contribution is 0.211. The van der Waals surface area contributed by atoms with E-state index >= 15 is 0 Å². The van der Waals surface area contributed by atoms with Crippen LogP contribution in [0.1, 0.15) is 30.7 Å². The lowest BCUT2D eigenvalue weighted by Crippen LogP contribution is -2.37. The van der Waals surface area contributed by atoms with E-state index in [1.165, 1.54) is 5.56 Å². The fourth-order valence-electron chi connectivity index (χ4n) is 3.35. The van der Waals surface area contributed by atoms with Crippen LogP contribution < -0.4 is 14.8 Å². The largest absolute Gasteiger partial charge is 0.497 e. The molecule has 0 aliphatic carbocycles. The van der Waals surface area contributed by atoms with Crippen molar-refractivity contribution in [1.82, 2.24) is 4.90 Å². The molecule has 1 unspecified atom stereocenters. The van der Waals surface area contributed by atoms with Gasteiger partial charge in [-0.1, -0.05) is 18.6 Å². The number of urea groups is 1. The lowest BCUT2D eigenvalue weighted by atomic mass is 9.94. The normalized spacial score (nSPS) is 17.3. The predicted molar refractivity (Wildman–Crippen MR) is 103 cm³/mol. The third-order valence-electron chi connectivity index (χ3n) is 4.89. The molecule has 5 heteroatoms. The van der Waals surface area contributed by atoms with E-state index in [2.05, 4.69) is 17.4 Å². The molecule has 1 aliphatic heterocycles. The number of likely N-dealkylation sites (tertiary alicyclic amines) is 1. The first-order chi connectivity index (χ1) is 12.7. The van der Waals surface area contributed by atoms with E-state index in [4.69, 9.17) is 9.47 Å². The zero-order valence-corrected chi connectivity index (χ0v) is 15.4. The van der Waals surface area contributed by atoms with E-state index in [1.807, 2.05) is 41.3 Å². The van der Waals surface area contributed by atoms with Gasteiger partial charge in [-0.3, -0.25) is 0 Å². The molecule has 0 aromatic heterocycles. The van der Waals surface area contributed by atoms with E-state index in [9.17, 15) is 4.79 Å². The highest BCUT2D eigenvalue weighted by molar-refractivity contribution is 5.89. The van der Waals surface area contributed by atoms with Crippen LogP contribution in [-0.2, 0) is 0 Å². The molecule has 26 heavy (non-hydrogen) atoms. The third kappa shape index (κ3) is 4.48. The molecular formula is C21H26N2O3. The van der Waals surface area contributed by atoms with Crippen molar-refractivity contribution in [3.05, 3.63) is 54.1 Å². The number of amides is 2. The number of ether oxygens (including phenoxy) is 2. The van der Waals surface area contributed by atoms with Crippen LogP contribution in [0.25, 0.3) is 0 Å². The van der Waals surface area contributed by atoms with Gasteiger partial charge in [-0.05, 0) is 54.8 Å². The Kier molecular flexibility index (Phi) is 6.00. The van der Waals surface area contributed by atoms with Crippen molar-refractivity contribution >= 4 is 11.7 Å². The van der Waals surface area contributed by atoms with E-state index in [0.29, 0.717) is 5.92 Å². The van der Waals surface area contributed by atoms with E-state index in [0.717, 1.165) is 49.5 Å². The van der Waals surface area contributed by atoms with Gasteiger partial charge >= 0.3 is 6.03 Å². The molecular weight excluding hydrogens is 328 g/mol. The molecule has 1 fully saturated rings. The van der Waals surface area contributed by atoms with E-state index in [1.54, 1.807) is 14.2 Å². The summed E-state index contributed by atoms with van der Waals surface area (Å²) in [4.78, 5) is 14.6. The molecule has 3 rings (SSSR count). The molecule has 5 nitrogen and oxygen atoms in total. The number of carbonyl (C=O) groups excluding carboxylic acids is 1. The van der Waals surface area contributed by atoms with Gasteiger partial charge in [-0.15, -0.1) is 0 Å². The fourth-order valence-corrected chi connectivity index (χ4v) is 3.35. The monoisotopic (exact) mass is 354 g/mol. The smallest absolute Gasteiger partial charge is 0.321 e. The van der Waals surface area contributed by atoms with Crippen molar-refractivity contribution < 1.29 is 14.3 Å². The highest BCUT2D eigenvalue weighted by Crippen LogP contribution is 2.28. The van der Waals surface area contributed by atoms with Crippen LogP contribution in [0.5, 0.6) is 11.5 Å². The summed E-state index contributed by atoms with van der Waals surface area (Å²) in [6.07, 6.45) is 3.25. The standard InChI is InChI=1S/C21H26N2O3/c1-25-19-10-6-16(7-11-19)17-5-3-4-14-23(15-17)21(24)22-18-8-12-20(26-2)13-9-18/h6-13,17H,3-5,14-15H2,1-2H3,(H,22,24). The molecule has 1 N–H and O–H groups in total. The van der Waals surface area contributed by atoms with Gasteiger partial charge in [-0.25, -0.2) is 4.79 Å². The second-order valence-corrected chi connectivity index (χ2v) is 6.57. The first-order valence-electron chi connectivity index (χ1n) is 9.03. The summed E-state index contributed by atoms with van der Waals surface area (Å²) in [5.41, 5.74) is 2.04. The molecule has 2 amide bonds. The average Bonchev–Trinajstić information content (AvgIpc) is 2.95. The Labute approximate surface area is 154 Å². The summed E-state index contributed by atoms with van der Waals surface area (Å²) >= 11 is 0. The second kappa shape index (κ2) is 8.61. The van der Waals surface area contributed by atoms with Gasteiger partial charge in [0.05, 0.1) is 14.2 Å². The molecule has 2 aromatic carbocycles. The van der Waals surface area contributed by atoms with Gasteiger partial charge in [0.1, 0.15) is 11.5 Å². The van der Waals surface area contributed by atoms with Crippen molar-refractivity contribution in [3.63, 3.8) is 0 Å². The van der Waals surface area contributed by atoms with Gasteiger partial charge in [0, 0.05) is 24.7 Å². The maximum Gasteiger partial charge on any atom is 0.321 e. The maximum absolute atomic E-state index is 12.7. The van der Waals surface area contributed by atoms with Crippen molar-refractivity contribution in [2.45, 2.75) is 25.2 Å². The van der Waals surface area contributed by atoms with Crippen LogP contribution in [0.15, 0.2) is 48.5 Å². The Morgan fingerprint density at radius 1 is 0.962 bits per heavy atom. The average molecular weight is 354 g/mol. The Bertz CT molecular complexity index is 713. The van der Waals surface area contributed by atoms with Gasteiger partial charge in [0.2, 0.25) is 0 Å². The minimum atomic E-state index is -0.0458. The Morgan fingerprint density at radius 3 is 2.19 bits per heavy atom. The summed E-state index contributed by atoms with van der Waals surface area (Å²) < 4.78 is 10.4. The zero-order valence-electron chi connectivity index (χ0n) is 15.4. The third-order valence-corrected chi connectivity index (χ3v) is 4.89. The van der Waals surface area contributed by atoms with Crippen molar-refractivity contribution in [3.8, 4) is 11.5 Å². The lowest BCUT2D eigenvalue weighted by Gasteiger charge is -2.25. The Morgan fingerprint density at radius 2 is 1.58 bits per heavy atom.